The lowest BCUT2D eigenvalue weighted by molar-refractivity contribution is -0.122. The fraction of sp³-hybridized carbons (Fsp3) is 0.900. The number of carbonyl (C=O) groups excluding carboxylic acids is 1. The highest BCUT2D eigenvalue weighted by Gasteiger charge is 2.23. The van der Waals surface area contributed by atoms with Gasteiger partial charge in [0.25, 0.3) is 0 Å². The monoisotopic (exact) mass is 200 g/mol. The molecule has 4 heteroatoms. The molecule has 82 valence electrons. The predicted octanol–water partition coefficient (Wildman–Crippen LogP) is 0.0156. The third-order valence-electron chi connectivity index (χ3n) is 2.61. The molecule has 1 aliphatic rings. The molecule has 1 saturated carbocycles. The van der Waals surface area contributed by atoms with E-state index in [0.717, 1.165) is 32.2 Å². The maximum absolute atomic E-state index is 11.3. The molecule has 0 aromatic heterocycles. The molecule has 3 N–H and O–H groups in total. The summed E-state index contributed by atoms with van der Waals surface area (Å²) < 4.78 is 0. The minimum Gasteiger partial charge on any atom is -0.391 e. The number of aliphatic hydroxyl groups excluding tert-OH is 1. The van der Waals surface area contributed by atoms with Crippen molar-refractivity contribution in [3.05, 3.63) is 0 Å². The van der Waals surface area contributed by atoms with Gasteiger partial charge >= 0.3 is 0 Å². The van der Waals surface area contributed by atoms with Crippen LogP contribution in [0.5, 0.6) is 0 Å². The maximum atomic E-state index is 11.3. The number of hydrogen-bond donors (Lipinski definition) is 3. The van der Waals surface area contributed by atoms with Crippen molar-refractivity contribution in [3.63, 3.8) is 0 Å². The van der Waals surface area contributed by atoms with Crippen molar-refractivity contribution >= 4 is 5.91 Å². The van der Waals surface area contributed by atoms with E-state index in [1.165, 1.54) is 0 Å². The van der Waals surface area contributed by atoms with E-state index in [1.54, 1.807) is 0 Å². The Balaban J connectivity index is 2.23. The van der Waals surface area contributed by atoms with Gasteiger partial charge in [-0.3, -0.25) is 4.79 Å². The molecule has 0 aromatic carbocycles. The van der Waals surface area contributed by atoms with Crippen LogP contribution in [-0.4, -0.2) is 36.2 Å². The second-order valence-corrected chi connectivity index (χ2v) is 3.81. The maximum Gasteiger partial charge on any atom is 0.234 e. The molecular weight excluding hydrogens is 180 g/mol. The van der Waals surface area contributed by atoms with Crippen LogP contribution in [0.2, 0.25) is 0 Å². The SMILES string of the molecule is CCNCC(=O)NC1CCCCC1O. The predicted molar refractivity (Wildman–Crippen MR) is 54.9 cm³/mol. The van der Waals surface area contributed by atoms with Crippen molar-refractivity contribution in [1.82, 2.24) is 10.6 Å². The Hall–Kier alpha value is -0.610. The summed E-state index contributed by atoms with van der Waals surface area (Å²) >= 11 is 0. The summed E-state index contributed by atoms with van der Waals surface area (Å²) in [5.74, 6) is -0.0159. The van der Waals surface area contributed by atoms with Gasteiger partial charge in [0.15, 0.2) is 0 Å². The van der Waals surface area contributed by atoms with E-state index < -0.39 is 0 Å². The molecule has 0 aromatic rings. The number of carbonyl (C=O) groups is 1. The molecule has 0 aliphatic heterocycles. The van der Waals surface area contributed by atoms with E-state index in [9.17, 15) is 9.90 Å². The van der Waals surface area contributed by atoms with Crippen LogP contribution in [0.1, 0.15) is 32.6 Å². The molecule has 2 atom stereocenters. The van der Waals surface area contributed by atoms with Crippen LogP contribution in [-0.2, 0) is 4.79 Å². The molecule has 1 amide bonds. The molecular formula is C10H20N2O2. The lowest BCUT2D eigenvalue weighted by Gasteiger charge is -2.28. The molecule has 1 aliphatic carbocycles. The van der Waals surface area contributed by atoms with Gasteiger partial charge in [-0.2, -0.15) is 0 Å². The molecule has 4 nitrogen and oxygen atoms in total. The number of likely N-dealkylation sites (N-methyl/N-ethyl adjacent to an activating group) is 1. The average Bonchev–Trinajstić information content (AvgIpc) is 2.18. The van der Waals surface area contributed by atoms with Gasteiger partial charge in [-0.25, -0.2) is 0 Å². The minimum absolute atomic E-state index is 0.0159. The smallest absolute Gasteiger partial charge is 0.234 e. The Morgan fingerprint density at radius 3 is 2.79 bits per heavy atom. The first-order chi connectivity index (χ1) is 6.74. The zero-order valence-corrected chi connectivity index (χ0v) is 8.75. The van der Waals surface area contributed by atoms with Crippen LogP contribution in [0, 0.1) is 0 Å². The van der Waals surface area contributed by atoms with Crippen LogP contribution in [0.3, 0.4) is 0 Å². The summed E-state index contributed by atoms with van der Waals surface area (Å²) in [5.41, 5.74) is 0. The molecule has 1 rings (SSSR count). The highest BCUT2D eigenvalue weighted by molar-refractivity contribution is 5.78. The Morgan fingerprint density at radius 2 is 2.14 bits per heavy atom. The van der Waals surface area contributed by atoms with Crippen molar-refractivity contribution < 1.29 is 9.90 Å². The zero-order valence-electron chi connectivity index (χ0n) is 8.75. The summed E-state index contributed by atoms with van der Waals surface area (Å²) in [6.45, 7) is 3.10. The largest absolute Gasteiger partial charge is 0.391 e. The lowest BCUT2D eigenvalue weighted by atomic mass is 9.92. The van der Waals surface area contributed by atoms with Crippen molar-refractivity contribution in [3.8, 4) is 0 Å². The van der Waals surface area contributed by atoms with E-state index >= 15 is 0 Å². The number of hydrogen-bond acceptors (Lipinski definition) is 3. The van der Waals surface area contributed by atoms with E-state index in [2.05, 4.69) is 10.6 Å². The summed E-state index contributed by atoms with van der Waals surface area (Å²) in [5, 5.41) is 15.4. The molecule has 14 heavy (non-hydrogen) atoms. The number of rotatable bonds is 4. The van der Waals surface area contributed by atoms with Gasteiger partial charge in [0.05, 0.1) is 18.7 Å². The second-order valence-electron chi connectivity index (χ2n) is 3.81. The van der Waals surface area contributed by atoms with Gasteiger partial charge in [0.1, 0.15) is 0 Å². The Morgan fingerprint density at radius 1 is 1.43 bits per heavy atom. The third kappa shape index (κ3) is 3.64. The van der Waals surface area contributed by atoms with Crippen molar-refractivity contribution in [2.75, 3.05) is 13.1 Å². The number of nitrogens with one attached hydrogen (secondary N) is 2. The van der Waals surface area contributed by atoms with Crippen LogP contribution in [0.15, 0.2) is 0 Å². The quantitative estimate of drug-likeness (QED) is 0.599. The van der Waals surface area contributed by atoms with Gasteiger partial charge in [0.2, 0.25) is 5.91 Å². The van der Waals surface area contributed by atoms with E-state index in [1.807, 2.05) is 6.92 Å². The van der Waals surface area contributed by atoms with E-state index in [-0.39, 0.29) is 18.1 Å². The van der Waals surface area contributed by atoms with Gasteiger partial charge in [-0.1, -0.05) is 19.8 Å². The van der Waals surface area contributed by atoms with Crippen molar-refractivity contribution in [2.24, 2.45) is 0 Å². The van der Waals surface area contributed by atoms with Gasteiger partial charge in [-0.15, -0.1) is 0 Å². The molecule has 0 bridgehead atoms. The number of aliphatic hydroxyl groups is 1. The van der Waals surface area contributed by atoms with Gasteiger partial charge in [0, 0.05) is 0 Å². The molecule has 2 unspecified atom stereocenters. The van der Waals surface area contributed by atoms with E-state index in [4.69, 9.17) is 0 Å². The standard InChI is InChI=1S/C10H20N2O2/c1-2-11-7-10(14)12-8-5-3-4-6-9(8)13/h8-9,11,13H,2-7H2,1H3,(H,12,14). The zero-order chi connectivity index (χ0) is 10.4. The Labute approximate surface area is 85.1 Å². The third-order valence-corrected chi connectivity index (χ3v) is 2.61. The topological polar surface area (TPSA) is 61.4 Å². The fourth-order valence-electron chi connectivity index (χ4n) is 1.78. The highest BCUT2D eigenvalue weighted by Crippen LogP contribution is 2.17. The normalized spacial score (nSPS) is 27.3. The van der Waals surface area contributed by atoms with Crippen LogP contribution in [0.4, 0.5) is 0 Å². The summed E-state index contributed by atoms with van der Waals surface area (Å²) in [6.07, 6.45) is 3.53. The van der Waals surface area contributed by atoms with Gasteiger partial charge in [-0.05, 0) is 19.4 Å². The molecule has 0 spiro atoms. The molecule has 1 fully saturated rings. The first-order valence-electron chi connectivity index (χ1n) is 5.42. The van der Waals surface area contributed by atoms with Crippen molar-refractivity contribution in [2.45, 2.75) is 44.8 Å². The Kier molecular flexibility index (Phi) is 4.90. The van der Waals surface area contributed by atoms with Crippen LogP contribution in [0.25, 0.3) is 0 Å². The first-order valence-corrected chi connectivity index (χ1v) is 5.42. The summed E-state index contributed by atoms with van der Waals surface area (Å²) in [4.78, 5) is 11.3. The van der Waals surface area contributed by atoms with Crippen molar-refractivity contribution in [1.29, 1.82) is 0 Å². The summed E-state index contributed by atoms with van der Waals surface area (Å²) in [7, 11) is 0. The first kappa shape index (κ1) is 11.5. The molecule has 0 radical (unpaired) electrons. The number of amides is 1. The van der Waals surface area contributed by atoms with Gasteiger partial charge < -0.3 is 15.7 Å². The van der Waals surface area contributed by atoms with Crippen LogP contribution >= 0.6 is 0 Å². The highest BCUT2D eigenvalue weighted by atomic mass is 16.3. The molecule has 0 heterocycles. The molecule has 0 saturated heterocycles. The van der Waals surface area contributed by atoms with E-state index in [0.29, 0.717) is 6.54 Å². The lowest BCUT2D eigenvalue weighted by Crippen LogP contribution is -2.47. The minimum atomic E-state index is -0.352. The Bertz CT molecular complexity index is 185. The second kappa shape index (κ2) is 5.98. The fourth-order valence-corrected chi connectivity index (χ4v) is 1.78. The summed E-state index contributed by atoms with van der Waals surface area (Å²) in [6, 6.07) is -0.0325. The van der Waals surface area contributed by atoms with Crippen LogP contribution < -0.4 is 10.6 Å². The average molecular weight is 200 g/mol.